The van der Waals surface area contributed by atoms with E-state index in [1.165, 1.54) is 4.90 Å². The first kappa shape index (κ1) is 66.8. The zero-order valence-corrected chi connectivity index (χ0v) is 42.5. The molecule has 0 heterocycles. The third-order valence-electron chi connectivity index (χ3n) is 11.1. The maximum Gasteiger partial charge on any atom is 0.242 e. The Hall–Kier alpha value is -4.21. The summed E-state index contributed by atoms with van der Waals surface area (Å²) in [6.07, 6.45) is 10.8. The van der Waals surface area contributed by atoms with E-state index in [2.05, 4.69) is 47.8 Å². The monoisotopic (exact) mass is 989 g/mol. The number of unbranched alkanes of at least 4 members (excludes halogenated alkanes) is 8. The number of aliphatic hydroxyl groups excluding tert-OH is 1. The molecule has 2 unspecified atom stereocenters. The van der Waals surface area contributed by atoms with E-state index in [0.717, 1.165) is 6.29 Å². The van der Waals surface area contributed by atoms with Gasteiger partial charge in [0, 0.05) is 57.8 Å². The van der Waals surface area contributed by atoms with E-state index in [1.54, 1.807) is 0 Å². The first-order valence-electron chi connectivity index (χ1n) is 25.4. The molecule has 0 aliphatic heterocycles. The summed E-state index contributed by atoms with van der Waals surface area (Å²) >= 11 is 0. The van der Waals surface area contributed by atoms with E-state index in [-0.39, 0.29) is 98.0 Å². The molecule has 10 radical (unpaired) electrons. The van der Waals surface area contributed by atoms with Crippen molar-refractivity contribution < 1.29 is 48.3 Å². The third kappa shape index (κ3) is 41.0. The van der Waals surface area contributed by atoms with Crippen molar-refractivity contribution in [2.75, 3.05) is 52.4 Å². The largest absolute Gasteiger partial charge is 0.380 e. The van der Waals surface area contributed by atoms with E-state index >= 15 is 0 Å². The van der Waals surface area contributed by atoms with Gasteiger partial charge >= 0.3 is 0 Å². The Morgan fingerprint density at radius 1 is 0.493 bits per heavy atom. The van der Waals surface area contributed by atoms with E-state index < -0.39 is 24.0 Å². The number of nitrogens with one attached hydrogen (secondary N) is 9. The Balaban J connectivity index is 5.08. The predicted molar refractivity (Wildman–Crippen MR) is 277 cm³/mol. The third-order valence-corrected chi connectivity index (χ3v) is 11.1. The highest BCUT2D eigenvalue weighted by Gasteiger charge is 2.21. The average molecular weight is 988 g/mol. The lowest BCUT2D eigenvalue weighted by Gasteiger charge is -2.21. The summed E-state index contributed by atoms with van der Waals surface area (Å²) in [7, 11) is 26.6. The molecule has 10 N–H and O–H groups in total. The SMILES string of the molecule is [B]NC(O)CCCC(C=O)NCCCC[C@H](NC(=O)CCCCC(=O)C(C)C)C(=O)NCCCCCNC(=O)CN(CC(=O)NCCCCCC(=O)NC([B])[B])CC(=O)NCCCCCC(=O)NC([B])[B]. The first-order chi connectivity index (χ1) is 33.9. The lowest BCUT2D eigenvalue weighted by atomic mass is 9.78. The van der Waals surface area contributed by atoms with Crippen LogP contribution >= 0.6 is 0 Å². The van der Waals surface area contributed by atoms with Crippen LogP contribution in [0, 0.1) is 5.92 Å². The summed E-state index contributed by atoms with van der Waals surface area (Å²) in [4.78, 5) is 113. The Bertz CT molecular complexity index is 1510. The van der Waals surface area contributed by atoms with Gasteiger partial charge in [0.15, 0.2) is 7.98 Å². The number of rotatable bonds is 46. The smallest absolute Gasteiger partial charge is 0.242 e. The van der Waals surface area contributed by atoms with Crippen LogP contribution in [0.1, 0.15) is 149 Å². The van der Waals surface area contributed by atoms with Crippen molar-refractivity contribution in [3.63, 3.8) is 0 Å². The fraction of sp³-hybridized carbons (Fsp3) is 0.804. The molecule has 0 saturated carbocycles. The number of aldehydes is 1. The molecule has 7 amide bonds. The summed E-state index contributed by atoms with van der Waals surface area (Å²) < 4.78 is 0. The number of ketones is 1. The second kappa shape index (κ2) is 43.4. The highest BCUT2D eigenvalue weighted by Crippen LogP contribution is 2.09. The Morgan fingerprint density at radius 2 is 0.915 bits per heavy atom. The maximum atomic E-state index is 13.3. The van der Waals surface area contributed by atoms with E-state index in [0.29, 0.717) is 148 Å². The average Bonchev–Trinajstić information content (AvgIpc) is 3.30. The number of amides is 7. The molecule has 71 heavy (non-hydrogen) atoms. The van der Waals surface area contributed by atoms with Crippen molar-refractivity contribution in [1.82, 2.24) is 52.7 Å². The summed E-state index contributed by atoms with van der Waals surface area (Å²) in [6.45, 7) is 4.87. The van der Waals surface area contributed by atoms with Crippen LogP contribution in [0.4, 0.5) is 0 Å². The van der Waals surface area contributed by atoms with Gasteiger partial charge in [-0.3, -0.25) is 43.3 Å². The number of hydrogen-bond acceptors (Lipinski definition) is 13. The molecule has 3 atom stereocenters. The van der Waals surface area contributed by atoms with Gasteiger partial charge in [0.1, 0.15) is 18.1 Å². The van der Waals surface area contributed by atoms with Crippen LogP contribution in [-0.4, -0.2) is 185 Å². The molecule has 0 bridgehead atoms. The number of Topliss-reactive ketones (excluding diaryl/α,β-unsaturated/α-hetero) is 1. The minimum absolute atomic E-state index is 0.0664. The van der Waals surface area contributed by atoms with Gasteiger partial charge in [-0.2, -0.15) is 0 Å². The molecule has 390 valence electrons. The zero-order valence-electron chi connectivity index (χ0n) is 42.5. The van der Waals surface area contributed by atoms with Gasteiger partial charge in [0.05, 0.1) is 63.3 Å². The summed E-state index contributed by atoms with van der Waals surface area (Å²) in [5.74, 6) is -4.04. The Labute approximate surface area is 429 Å². The van der Waals surface area contributed by atoms with Crippen molar-refractivity contribution in [2.45, 2.75) is 179 Å². The van der Waals surface area contributed by atoms with Gasteiger partial charge < -0.3 is 57.7 Å². The molecule has 0 saturated heterocycles. The van der Waals surface area contributed by atoms with Crippen molar-refractivity contribution in [2.24, 2.45) is 5.92 Å². The molecule has 25 heteroatoms. The standard InChI is InChI=1S/C46H81B5N10O10/c1-33(2)36(63)19-8-9-22-37(64)57-35(18-10-15-24-52-34(32-62)17-16-23-40(67)60-51)44(71)56-28-14-5-13-27-55-43(70)31-61(29-41(68)53-25-11-3-6-20-38(65)58-45(47)48)30-42(69)54-26-12-4-7-21-39(66)59-46(49)50/h32-35,40,45-46,52,60,67H,3-31H2,1-2H3,(H,53,68)(H,54,69)(H,55,70)(H,56,71)(H,57,64)(H,58,65)(H,59,66)/t34?,35-,40?/m0/s1. The Morgan fingerprint density at radius 3 is 1.37 bits per heavy atom. The predicted octanol–water partition coefficient (Wildman–Crippen LogP) is -1.72. The van der Waals surface area contributed by atoms with Crippen molar-refractivity contribution in [3.05, 3.63) is 0 Å². The normalized spacial score (nSPS) is 12.5. The van der Waals surface area contributed by atoms with Gasteiger partial charge in [-0.15, -0.1) is 0 Å². The molecule has 0 spiro atoms. The maximum absolute atomic E-state index is 13.3. The van der Waals surface area contributed by atoms with Crippen LogP contribution < -0.4 is 47.8 Å². The summed E-state index contributed by atoms with van der Waals surface area (Å²) in [6, 6.07) is -1.17. The van der Waals surface area contributed by atoms with Crippen molar-refractivity contribution in [1.29, 1.82) is 0 Å². The van der Waals surface area contributed by atoms with Gasteiger partial charge in [-0.05, 0) is 115 Å². The van der Waals surface area contributed by atoms with E-state index in [4.69, 9.17) is 39.4 Å². The minimum atomic E-state index is -0.927. The molecule has 0 aromatic heterocycles. The van der Waals surface area contributed by atoms with Crippen LogP contribution in [0.3, 0.4) is 0 Å². The van der Waals surface area contributed by atoms with Crippen molar-refractivity contribution >= 4 is 92.8 Å². The highest BCUT2D eigenvalue weighted by molar-refractivity contribution is 6.36. The van der Waals surface area contributed by atoms with Crippen LogP contribution in [-0.2, 0) is 43.2 Å². The molecule has 0 aromatic rings. The molecule has 0 aliphatic carbocycles. The van der Waals surface area contributed by atoms with Crippen LogP contribution in [0.15, 0.2) is 0 Å². The number of aliphatic hydroxyl groups is 1. The lowest BCUT2D eigenvalue weighted by molar-refractivity contribution is -0.129. The summed E-state index contributed by atoms with van der Waals surface area (Å²) in [5, 5.41) is 34.0. The van der Waals surface area contributed by atoms with Crippen LogP contribution in [0.25, 0.3) is 0 Å². The van der Waals surface area contributed by atoms with E-state index in [9.17, 15) is 48.3 Å². The quantitative estimate of drug-likeness (QED) is 0.0141. The summed E-state index contributed by atoms with van der Waals surface area (Å²) in [5.41, 5.74) is 0. The van der Waals surface area contributed by atoms with Crippen molar-refractivity contribution in [3.8, 4) is 0 Å². The highest BCUT2D eigenvalue weighted by atomic mass is 16.3. The first-order valence-corrected chi connectivity index (χ1v) is 25.4. The van der Waals surface area contributed by atoms with Gasteiger partial charge in [0.2, 0.25) is 41.4 Å². The fourth-order valence-electron chi connectivity index (χ4n) is 7.08. The van der Waals surface area contributed by atoms with Gasteiger partial charge in [0.25, 0.3) is 0 Å². The minimum Gasteiger partial charge on any atom is -0.380 e. The molecular formula is C46H81B5N10O10. The Kier molecular flexibility index (Phi) is 40.8. The van der Waals surface area contributed by atoms with Gasteiger partial charge in [-0.1, -0.05) is 26.7 Å². The number of carbonyl (C=O) groups is 9. The second-order valence-electron chi connectivity index (χ2n) is 18.1. The molecule has 0 aromatic carbocycles. The molecule has 0 rings (SSSR count). The lowest BCUT2D eigenvalue weighted by Crippen LogP contribution is -2.47. The van der Waals surface area contributed by atoms with Crippen LogP contribution in [0.2, 0.25) is 0 Å². The zero-order chi connectivity index (χ0) is 53.2. The molecular weight excluding hydrogens is 907 g/mol. The molecule has 0 aliphatic rings. The second-order valence-corrected chi connectivity index (χ2v) is 18.1. The molecule has 20 nitrogen and oxygen atoms in total. The molecule has 0 fully saturated rings. The van der Waals surface area contributed by atoms with Gasteiger partial charge in [-0.25, -0.2) is 0 Å². The van der Waals surface area contributed by atoms with E-state index in [1.807, 2.05) is 13.8 Å². The number of hydrogen-bond donors (Lipinski definition) is 10. The topological polar surface area (TPSA) is 285 Å². The fourth-order valence-corrected chi connectivity index (χ4v) is 7.08. The van der Waals surface area contributed by atoms with Crippen LogP contribution in [0.5, 0.6) is 0 Å². The number of carbonyl (C=O) groups excluding carboxylic acids is 9. The number of nitrogens with zero attached hydrogens (tertiary/aromatic N) is 1.